The summed E-state index contributed by atoms with van der Waals surface area (Å²) in [5.74, 6) is 1.38. The van der Waals surface area contributed by atoms with Crippen molar-refractivity contribution in [2.45, 2.75) is 94.7 Å². The Morgan fingerprint density at radius 1 is 1.16 bits per heavy atom. The van der Waals surface area contributed by atoms with Crippen LogP contribution in [0.15, 0.2) is 57.8 Å². The van der Waals surface area contributed by atoms with Gasteiger partial charge in [0.15, 0.2) is 5.43 Å². The van der Waals surface area contributed by atoms with E-state index in [-0.39, 0.29) is 29.5 Å². The number of ether oxygens (including phenoxy) is 2. The summed E-state index contributed by atoms with van der Waals surface area (Å²) < 4.78 is 18.1. The third-order valence-electron chi connectivity index (χ3n) is 9.60. The minimum absolute atomic E-state index is 0.0969. The lowest BCUT2D eigenvalue weighted by atomic mass is 9.54. The zero-order valence-electron chi connectivity index (χ0n) is 21.7. The first-order valence-electron chi connectivity index (χ1n) is 13.8. The van der Waals surface area contributed by atoms with Crippen molar-refractivity contribution in [1.29, 1.82) is 0 Å². The third-order valence-corrected chi connectivity index (χ3v) is 9.60. The molecule has 6 rings (SSSR count). The Bertz CT molecular complexity index is 1220. The molecule has 2 saturated carbocycles. The first-order chi connectivity index (χ1) is 17.8. The van der Waals surface area contributed by atoms with Crippen LogP contribution in [0.3, 0.4) is 0 Å². The van der Waals surface area contributed by atoms with E-state index in [9.17, 15) is 15.0 Å². The van der Waals surface area contributed by atoms with E-state index in [1.165, 1.54) is 11.6 Å². The molecule has 3 fully saturated rings. The molecular weight excluding hydrogens is 468 g/mol. The normalized spacial score (nSPS) is 36.2. The van der Waals surface area contributed by atoms with Gasteiger partial charge in [0.2, 0.25) is 0 Å². The number of fused-ring (bicyclic) bond motifs is 4. The number of epoxide rings is 1. The summed E-state index contributed by atoms with van der Waals surface area (Å²) in [5.41, 5.74) is 1.68. The highest BCUT2D eigenvalue weighted by atomic mass is 16.6. The van der Waals surface area contributed by atoms with Gasteiger partial charge >= 0.3 is 0 Å². The number of hydrogen-bond acceptors (Lipinski definition) is 6. The van der Waals surface area contributed by atoms with Crippen molar-refractivity contribution in [2.75, 3.05) is 6.61 Å². The lowest BCUT2D eigenvalue weighted by Crippen LogP contribution is -2.53. The van der Waals surface area contributed by atoms with Crippen LogP contribution in [0.25, 0.3) is 0 Å². The Labute approximate surface area is 218 Å². The number of aryl methyl sites for hydroxylation is 2. The van der Waals surface area contributed by atoms with Gasteiger partial charge in [-0.2, -0.15) is 0 Å². The van der Waals surface area contributed by atoms with E-state index in [0.717, 1.165) is 56.9 Å². The molecule has 0 amide bonds. The molecule has 2 N–H and O–H groups in total. The molecule has 1 aromatic carbocycles. The highest BCUT2D eigenvalue weighted by Gasteiger charge is 2.57. The quantitative estimate of drug-likeness (QED) is 0.407. The molecule has 0 radical (unpaired) electrons. The largest absolute Gasteiger partial charge is 0.463 e. The highest BCUT2D eigenvalue weighted by molar-refractivity contribution is 5.34. The molecule has 0 bridgehead atoms. The highest BCUT2D eigenvalue weighted by Crippen LogP contribution is 2.56. The lowest BCUT2D eigenvalue weighted by molar-refractivity contribution is -0.142. The number of benzene rings is 1. The van der Waals surface area contributed by atoms with Crippen LogP contribution in [0.4, 0.5) is 0 Å². The fourth-order valence-electron chi connectivity index (χ4n) is 7.13. The topological polar surface area (TPSA) is 92.4 Å². The molecular formula is C31H38O6. The summed E-state index contributed by atoms with van der Waals surface area (Å²) in [6.07, 6.45) is 5.61. The van der Waals surface area contributed by atoms with Gasteiger partial charge in [0.25, 0.3) is 0 Å². The molecule has 7 atom stereocenters. The van der Waals surface area contributed by atoms with E-state index in [2.05, 4.69) is 25.6 Å². The summed E-state index contributed by atoms with van der Waals surface area (Å²) in [7, 11) is 0. The molecule has 6 nitrogen and oxygen atoms in total. The van der Waals surface area contributed by atoms with Crippen LogP contribution in [-0.2, 0) is 22.3 Å². The van der Waals surface area contributed by atoms with E-state index in [1.807, 2.05) is 18.2 Å². The standard InChI is InChI=1S/C31H38O6/c1-19(21-12-15-31(34)14-7-6-13-30(31,2)17-21)18-35-26-24-23(32)16-22(11-10-20-8-4-3-5-9-20)36-27(24)29-28(37-29)25(26)33/h3-5,8-9,16,21,25-26,28-29,33-34H,1,6-7,10-15,17-18H2,2H3/t21-,25+,26+,28+,29-,30+,31+/m1/s1. The first-order valence-corrected chi connectivity index (χ1v) is 13.8. The predicted molar refractivity (Wildman–Crippen MR) is 139 cm³/mol. The van der Waals surface area contributed by atoms with Gasteiger partial charge in [0.1, 0.15) is 35.9 Å². The average molecular weight is 507 g/mol. The van der Waals surface area contributed by atoms with Crippen molar-refractivity contribution in [3.8, 4) is 0 Å². The van der Waals surface area contributed by atoms with Crippen LogP contribution >= 0.6 is 0 Å². The van der Waals surface area contributed by atoms with Crippen LogP contribution < -0.4 is 5.43 Å². The van der Waals surface area contributed by atoms with Crippen molar-refractivity contribution in [2.24, 2.45) is 11.3 Å². The fourth-order valence-corrected chi connectivity index (χ4v) is 7.13. The Morgan fingerprint density at radius 2 is 1.95 bits per heavy atom. The minimum Gasteiger partial charge on any atom is -0.463 e. The maximum Gasteiger partial charge on any atom is 0.191 e. The molecule has 1 aromatic heterocycles. The van der Waals surface area contributed by atoms with Crippen molar-refractivity contribution in [3.63, 3.8) is 0 Å². The maximum absolute atomic E-state index is 13.2. The summed E-state index contributed by atoms with van der Waals surface area (Å²) in [6, 6.07) is 11.6. The number of aliphatic hydroxyl groups excluding tert-OH is 1. The lowest BCUT2D eigenvalue weighted by Gasteiger charge is -2.54. The van der Waals surface area contributed by atoms with E-state index >= 15 is 0 Å². The minimum atomic E-state index is -0.921. The Kier molecular flexibility index (Phi) is 6.43. The second-order valence-corrected chi connectivity index (χ2v) is 12.0. The molecule has 1 saturated heterocycles. The van der Waals surface area contributed by atoms with Crippen LogP contribution in [0.5, 0.6) is 0 Å². The third kappa shape index (κ3) is 4.52. The summed E-state index contributed by atoms with van der Waals surface area (Å²) in [5, 5.41) is 22.2. The van der Waals surface area contributed by atoms with Crippen LogP contribution in [-0.4, -0.2) is 34.6 Å². The van der Waals surface area contributed by atoms with Gasteiger partial charge in [0, 0.05) is 12.5 Å². The number of hydrogen-bond donors (Lipinski definition) is 2. The van der Waals surface area contributed by atoms with E-state index in [0.29, 0.717) is 23.5 Å². The van der Waals surface area contributed by atoms with Crippen LogP contribution in [0.2, 0.25) is 0 Å². The van der Waals surface area contributed by atoms with Crippen molar-refractivity contribution in [3.05, 3.63) is 81.4 Å². The number of aliphatic hydroxyl groups is 2. The molecule has 4 aliphatic rings. The number of rotatable bonds is 7. The molecule has 0 spiro atoms. The molecule has 37 heavy (non-hydrogen) atoms. The average Bonchev–Trinajstić information content (AvgIpc) is 3.70. The summed E-state index contributed by atoms with van der Waals surface area (Å²) in [6.45, 7) is 6.81. The molecule has 1 aliphatic heterocycles. The molecule has 2 aromatic rings. The van der Waals surface area contributed by atoms with Crippen LogP contribution in [0, 0.1) is 11.3 Å². The van der Waals surface area contributed by atoms with Crippen molar-refractivity contribution < 1.29 is 24.1 Å². The Morgan fingerprint density at radius 3 is 2.76 bits per heavy atom. The van der Waals surface area contributed by atoms with E-state index in [1.54, 1.807) is 0 Å². The van der Waals surface area contributed by atoms with Crippen molar-refractivity contribution >= 4 is 0 Å². The zero-order chi connectivity index (χ0) is 25.8. The van der Waals surface area contributed by atoms with Gasteiger partial charge in [-0.3, -0.25) is 4.79 Å². The smallest absolute Gasteiger partial charge is 0.191 e. The second-order valence-electron chi connectivity index (χ2n) is 12.0. The SMILES string of the molecule is C=C(CO[C@H]1c2c(oc(CCc3ccccc3)cc2=O)[C@H]2O[C@H]2[C@H]1O)[C@@H]1CC[C@@]2(O)CCCC[C@@]2(C)C1. The van der Waals surface area contributed by atoms with E-state index < -0.39 is 23.9 Å². The Hall–Kier alpha value is -2.25. The van der Waals surface area contributed by atoms with E-state index in [4.69, 9.17) is 13.9 Å². The van der Waals surface area contributed by atoms with Gasteiger partial charge in [-0.25, -0.2) is 0 Å². The second kappa shape index (κ2) is 9.49. The summed E-state index contributed by atoms with van der Waals surface area (Å²) in [4.78, 5) is 13.2. The van der Waals surface area contributed by atoms with Gasteiger partial charge in [-0.1, -0.05) is 56.7 Å². The molecule has 3 aliphatic carbocycles. The predicted octanol–water partition coefficient (Wildman–Crippen LogP) is 4.96. The van der Waals surface area contributed by atoms with Gasteiger partial charge in [-0.15, -0.1) is 0 Å². The first kappa shape index (κ1) is 25.1. The molecule has 6 heteroatoms. The monoisotopic (exact) mass is 506 g/mol. The molecule has 0 unspecified atom stereocenters. The molecule has 198 valence electrons. The van der Waals surface area contributed by atoms with Gasteiger partial charge in [0.05, 0.1) is 17.8 Å². The summed E-state index contributed by atoms with van der Waals surface area (Å²) >= 11 is 0. The van der Waals surface area contributed by atoms with Gasteiger partial charge < -0.3 is 24.1 Å². The van der Waals surface area contributed by atoms with Gasteiger partial charge in [-0.05, 0) is 61.0 Å². The van der Waals surface area contributed by atoms with Crippen LogP contribution in [0.1, 0.15) is 86.7 Å². The fraction of sp³-hybridized carbons (Fsp3) is 0.581. The Balaban J connectivity index is 1.15. The maximum atomic E-state index is 13.2. The zero-order valence-corrected chi connectivity index (χ0v) is 21.7. The van der Waals surface area contributed by atoms with Crippen molar-refractivity contribution in [1.82, 2.24) is 0 Å². The molecule has 2 heterocycles.